The molecule has 3 aromatic rings. The zero-order valence-electron chi connectivity index (χ0n) is 14.2. The summed E-state index contributed by atoms with van der Waals surface area (Å²) in [6.45, 7) is 4.10. The number of fused-ring (bicyclic) bond motifs is 1. The Bertz CT molecular complexity index is 936. The molecule has 4 nitrogen and oxygen atoms in total. The van der Waals surface area contributed by atoms with Crippen LogP contribution in [0.4, 0.5) is 0 Å². The molecular weight excluding hydrogens is 332 g/mol. The lowest BCUT2D eigenvalue weighted by atomic mass is 10.0. The Morgan fingerprint density at radius 3 is 2.68 bits per heavy atom. The molecule has 0 radical (unpaired) electrons. The lowest BCUT2D eigenvalue weighted by molar-refractivity contribution is -0.119. The van der Waals surface area contributed by atoms with Gasteiger partial charge in [-0.2, -0.15) is 5.26 Å². The van der Waals surface area contributed by atoms with Crippen molar-refractivity contribution in [3.05, 3.63) is 53.6 Å². The first-order valence-corrected chi connectivity index (χ1v) is 8.94. The SMILES string of the molecule is CC(C)CC(=O)Cc1ccc(Oc2nc3ccc(C#N)cc3s2)cc1. The van der Waals surface area contributed by atoms with E-state index in [2.05, 4.69) is 11.1 Å². The van der Waals surface area contributed by atoms with Crippen LogP contribution >= 0.6 is 11.3 Å². The second-order valence-corrected chi connectivity index (χ2v) is 7.33. The highest BCUT2D eigenvalue weighted by Gasteiger charge is 2.09. The molecule has 0 fully saturated rings. The number of hydrogen-bond acceptors (Lipinski definition) is 5. The fourth-order valence-electron chi connectivity index (χ4n) is 2.55. The van der Waals surface area contributed by atoms with Crippen molar-refractivity contribution in [1.29, 1.82) is 5.26 Å². The Kier molecular flexibility index (Phi) is 5.11. The number of thiazole rings is 1. The van der Waals surface area contributed by atoms with E-state index in [4.69, 9.17) is 10.00 Å². The summed E-state index contributed by atoms with van der Waals surface area (Å²) in [6.07, 6.45) is 1.06. The molecule has 0 saturated heterocycles. The third kappa shape index (κ3) is 4.43. The van der Waals surface area contributed by atoms with Crippen LogP contribution in [-0.2, 0) is 11.2 Å². The van der Waals surface area contributed by atoms with Gasteiger partial charge in [-0.15, -0.1) is 0 Å². The molecule has 2 aromatic carbocycles. The van der Waals surface area contributed by atoms with Crippen molar-refractivity contribution >= 4 is 27.3 Å². The van der Waals surface area contributed by atoms with Gasteiger partial charge in [0.2, 0.25) is 0 Å². The standard InChI is InChI=1S/C20H18N2O2S/c1-13(2)9-16(23)10-14-3-6-17(7-4-14)24-20-22-18-8-5-15(12-21)11-19(18)25-20/h3-8,11,13H,9-10H2,1-2H3. The topological polar surface area (TPSA) is 63.0 Å². The van der Waals surface area contributed by atoms with E-state index >= 15 is 0 Å². The minimum atomic E-state index is 0.253. The first-order chi connectivity index (χ1) is 12.0. The highest BCUT2D eigenvalue weighted by atomic mass is 32.1. The summed E-state index contributed by atoms with van der Waals surface area (Å²) in [7, 11) is 0. The molecule has 126 valence electrons. The molecule has 0 spiro atoms. The highest BCUT2D eigenvalue weighted by Crippen LogP contribution is 2.31. The molecular formula is C20H18N2O2S. The van der Waals surface area contributed by atoms with Crippen LogP contribution in [0.25, 0.3) is 10.2 Å². The molecule has 0 unspecified atom stereocenters. The third-order valence-electron chi connectivity index (χ3n) is 3.66. The second-order valence-electron chi connectivity index (χ2n) is 6.33. The third-order valence-corrected chi connectivity index (χ3v) is 4.56. The van der Waals surface area contributed by atoms with E-state index in [1.165, 1.54) is 11.3 Å². The molecule has 1 aromatic heterocycles. The zero-order chi connectivity index (χ0) is 17.8. The number of hydrogen-bond donors (Lipinski definition) is 0. The lowest BCUT2D eigenvalue weighted by Gasteiger charge is -2.05. The Hall–Kier alpha value is -2.71. The minimum Gasteiger partial charge on any atom is -0.431 e. The number of nitrogens with zero attached hydrogens (tertiary/aromatic N) is 2. The van der Waals surface area contributed by atoms with Crippen LogP contribution in [0, 0.1) is 17.2 Å². The van der Waals surface area contributed by atoms with Crippen LogP contribution < -0.4 is 4.74 Å². The van der Waals surface area contributed by atoms with Crippen LogP contribution in [0.3, 0.4) is 0 Å². The van der Waals surface area contributed by atoms with Crippen LogP contribution in [-0.4, -0.2) is 10.8 Å². The maximum absolute atomic E-state index is 11.9. The highest BCUT2D eigenvalue weighted by molar-refractivity contribution is 7.20. The van der Waals surface area contributed by atoms with Crippen LogP contribution in [0.2, 0.25) is 0 Å². The largest absolute Gasteiger partial charge is 0.431 e. The summed E-state index contributed by atoms with van der Waals surface area (Å²) >= 11 is 1.40. The number of aromatic nitrogens is 1. The smallest absolute Gasteiger partial charge is 0.279 e. The number of ether oxygens (including phenoxy) is 1. The number of carbonyl (C=O) groups excluding carboxylic acids is 1. The summed E-state index contributed by atoms with van der Waals surface area (Å²) in [5.41, 5.74) is 2.41. The lowest BCUT2D eigenvalue weighted by Crippen LogP contribution is -2.06. The van der Waals surface area contributed by atoms with Gasteiger partial charge in [0.25, 0.3) is 5.19 Å². The van der Waals surface area contributed by atoms with Gasteiger partial charge >= 0.3 is 0 Å². The molecule has 1 heterocycles. The molecule has 0 amide bonds. The van der Waals surface area contributed by atoms with Gasteiger partial charge in [-0.25, -0.2) is 4.98 Å². The van der Waals surface area contributed by atoms with Gasteiger partial charge in [0, 0.05) is 12.8 Å². The summed E-state index contributed by atoms with van der Waals surface area (Å²) in [4.78, 5) is 16.3. The van der Waals surface area contributed by atoms with E-state index in [-0.39, 0.29) is 5.78 Å². The fourth-order valence-corrected chi connectivity index (χ4v) is 3.42. The second kappa shape index (κ2) is 7.45. The van der Waals surface area contributed by atoms with Crippen LogP contribution in [0.5, 0.6) is 10.9 Å². The molecule has 0 saturated carbocycles. The zero-order valence-corrected chi connectivity index (χ0v) is 15.0. The van der Waals surface area contributed by atoms with E-state index in [1.807, 2.05) is 50.2 Å². The minimum absolute atomic E-state index is 0.253. The maximum atomic E-state index is 11.9. The van der Waals surface area contributed by atoms with E-state index in [1.54, 1.807) is 6.07 Å². The predicted molar refractivity (Wildman–Crippen MR) is 99.0 cm³/mol. The number of Topliss-reactive ketones (excluding diaryl/α,β-unsaturated/α-hetero) is 1. The summed E-state index contributed by atoms with van der Waals surface area (Å²) < 4.78 is 6.72. The van der Waals surface area contributed by atoms with Crippen molar-refractivity contribution in [2.24, 2.45) is 5.92 Å². The first kappa shape index (κ1) is 17.1. The van der Waals surface area contributed by atoms with E-state index < -0.39 is 0 Å². The molecule has 0 aliphatic heterocycles. The van der Waals surface area contributed by atoms with Gasteiger partial charge in [-0.05, 0) is 41.8 Å². The Morgan fingerprint density at radius 2 is 2.00 bits per heavy atom. The van der Waals surface area contributed by atoms with Crippen molar-refractivity contribution < 1.29 is 9.53 Å². The molecule has 0 bridgehead atoms. The number of ketones is 1. The summed E-state index contributed by atoms with van der Waals surface area (Å²) in [5.74, 6) is 1.32. The first-order valence-electron chi connectivity index (χ1n) is 8.12. The molecule has 5 heteroatoms. The monoisotopic (exact) mass is 350 g/mol. The van der Waals surface area contributed by atoms with Crippen molar-refractivity contribution in [2.45, 2.75) is 26.7 Å². The van der Waals surface area contributed by atoms with Crippen molar-refractivity contribution in [3.63, 3.8) is 0 Å². The maximum Gasteiger partial charge on any atom is 0.279 e. The summed E-state index contributed by atoms with van der Waals surface area (Å²) in [5, 5.41) is 9.49. The normalized spacial score (nSPS) is 10.8. The molecule has 0 N–H and O–H groups in total. The number of benzene rings is 2. The van der Waals surface area contributed by atoms with E-state index in [9.17, 15) is 4.79 Å². The van der Waals surface area contributed by atoms with Crippen LogP contribution in [0.15, 0.2) is 42.5 Å². The van der Waals surface area contributed by atoms with Gasteiger partial charge in [0.1, 0.15) is 11.5 Å². The molecule has 0 atom stereocenters. The average Bonchev–Trinajstić information content (AvgIpc) is 2.97. The van der Waals surface area contributed by atoms with E-state index in [0.717, 1.165) is 15.8 Å². The fraction of sp³-hybridized carbons (Fsp3) is 0.250. The predicted octanol–water partition coefficient (Wildman–Crippen LogP) is 5.12. The van der Waals surface area contributed by atoms with Crippen LogP contribution in [0.1, 0.15) is 31.4 Å². The molecule has 3 rings (SSSR count). The molecule has 0 aliphatic carbocycles. The molecule has 25 heavy (non-hydrogen) atoms. The number of carbonyl (C=O) groups is 1. The average molecular weight is 350 g/mol. The van der Waals surface area contributed by atoms with Gasteiger partial charge in [-0.1, -0.05) is 37.3 Å². The number of nitriles is 1. The Balaban J connectivity index is 1.69. The van der Waals surface area contributed by atoms with Gasteiger partial charge in [0.05, 0.1) is 21.8 Å². The van der Waals surface area contributed by atoms with Crippen molar-refractivity contribution in [1.82, 2.24) is 4.98 Å². The van der Waals surface area contributed by atoms with Gasteiger partial charge < -0.3 is 4.74 Å². The quantitative estimate of drug-likeness (QED) is 0.619. The van der Waals surface area contributed by atoms with Crippen molar-refractivity contribution in [2.75, 3.05) is 0 Å². The van der Waals surface area contributed by atoms with Gasteiger partial charge in [0.15, 0.2) is 0 Å². The number of rotatable bonds is 6. The Morgan fingerprint density at radius 1 is 1.24 bits per heavy atom. The Labute approximate surface area is 150 Å². The van der Waals surface area contributed by atoms with Crippen molar-refractivity contribution in [3.8, 4) is 17.0 Å². The van der Waals surface area contributed by atoms with E-state index in [0.29, 0.717) is 35.3 Å². The van der Waals surface area contributed by atoms with Gasteiger partial charge in [-0.3, -0.25) is 4.79 Å². The molecule has 0 aliphatic rings. The summed E-state index contributed by atoms with van der Waals surface area (Å²) in [6, 6.07) is 15.0.